The van der Waals surface area contributed by atoms with Gasteiger partial charge >= 0.3 is 5.97 Å². The Balaban J connectivity index is 2.05. The van der Waals surface area contributed by atoms with Crippen LogP contribution in [-0.4, -0.2) is 19.7 Å². The first-order valence-corrected chi connectivity index (χ1v) is 8.13. The second-order valence-electron chi connectivity index (χ2n) is 5.56. The Bertz CT molecular complexity index is 662. The lowest BCUT2D eigenvalue weighted by atomic mass is 10.1. The van der Waals surface area contributed by atoms with E-state index in [-0.39, 0.29) is 5.97 Å². The molecule has 0 aliphatic heterocycles. The molecule has 0 heterocycles. The number of carbonyl (C=O) groups excluding carboxylic acids is 1. The summed E-state index contributed by atoms with van der Waals surface area (Å²) in [5.74, 6) is 1.19. The van der Waals surface area contributed by atoms with E-state index in [0.717, 1.165) is 11.1 Å². The third-order valence-corrected chi connectivity index (χ3v) is 3.67. The van der Waals surface area contributed by atoms with Gasteiger partial charge in [0, 0.05) is 6.42 Å². The fraction of sp³-hybridized carbons (Fsp3) is 0.350. The molecule has 0 spiro atoms. The van der Waals surface area contributed by atoms with Crippen molar-refractivity contribution in [1.82, 2.24) is 0 Å². The Morgan fingerprint density at radius 2 is 1.67 bits per heavy atom. The zero-order chi connectivity index (χ0) is 17.4. The Labute approximate surface area is 143 Å². The number of hydrogen-bond donors (Lipinski definition) is 0. The predicted octanol–water partition coefficient (Wildman–Crippen LogP) is 4.08. The summed E-state index contributed by atoms with van der Waals surface area (Å²) >= 11 is 0. The molecule has 0 aliphatic carbocycles. The summed E-state index contributed by atoms with van der Waals surface area (Å²) in [7, 11) is 1.40. The van der Waals surface area contributed by atoms with Gasteiger partial charge in [0.25, 0.3) is 0 Å². The number of carbonyl (C=O) groups is 1. The van der Waals surface area contributed by atoms with Crippen LogP contribution in [0.3, 0.4) is 0 Å². The Kier molecular flexibility index (Phi) is 6.67. The minimum Gasteiger partial charge on any atom is -0.490 e. The highest BCUT2D eigenvalue weighted by Gasteiger charge is 2.09. The van der Waals surface area contributed by atoms with Gasteiger partial charge in [0.15, 0.2) is 11.5 Å². The van der Waals surface area contributed by atoms with Gasteiger partial charge in [-0.1, -0.05) is 35.9 Å². The number of hydrogen-bond acceptors (Lipinski definition) is 4. The van der Waals surface area contributed by atoms with Crippen molar-refractivity contribution in [3.8, 4) is 11.5 Å². The van der Waals surface area contributed by atoms with Crippen molar-refractivity contribution in [1.29, 1.82) is 0 Å². The van der Waals surface area contributed by atoms with Gasteiger partial charge in [-0.15, -0.1) is 0 Å². The third kappa shape index (κ3) is 5.30. The molecular formula is C20H24O4. The molecule has 0 unspecified atom stereocenters. The summed E-state index contributed by atoms with van der Waals surface area (Å²) in [5.41, 5.74) is 3.35. The molecule has 0 aromatic heterocycles. The largest absolute Gasteiger partial charge is 0.490 e. The van der Waals surface area contributed by atoms with Crippen molar-refractivity contribution >= 4 is 5.97 Å². The summed E-state index contributed by atoms with van der Waals surface area (Å²) < 4.78 is 16.3. The van der Waals surface area contributed by atoms with E-state index in [1.807, 2.05) is 25.1 Å². The summed E-state index contributed by atoms with van der Waals surface area (Å²) in [6.45, 7) is 5.04. The van der Waals surface area contributed by atoms with Gasteiger partial charge in [-0.25, -0.2) is 0 Å². The topological polar surface area (TPSA) is 44.8 Å². The molecule has 0 aliphatic rings. The van der Waals surface area contributed by atoms with E-state index in [1.165, 1.54) is 12.7 Å². The monoisotopic (exact) mass is 328 g/mol. The summed E-state index contributed by atoms with van der Waals surface area (Å²) in [4.78, 5) is 11.3. The lowest BCUT2D eigenvalue weighted by molar-refractivity contribution is -0.140. The van der Waals surface area contributed by atoms with E-state index in [9.17, 15) is 4.79 Å². The Morgan fingerprint density at radius 3 is 2.33 bits per heavy atom. The number of benzene rings is 2. The number of esters is 1. The average Bonchev–Trinajstić information content (AvgIpc) is 2.60. The number of rotatable bonds is 8. The third-order valence-electron chi connectivity index (χ3n) is 3.67. The SMILES string of the molecule is CCOc1cc(CCC(=O)OC)ccc1OCc1ccc(C)cc1. The van der Waals surface area contributed by atoms with Gasteiger partial charge in [0.05, 0.1) is 13.7 Å². The normalized spacial score (nSPS) is 10.3. The van der Waals surface area contributed by atoms with Crippen molar-refractivity contribution in [2.45, 2.75) is 33.3 Å². The maximum Gasteiger partial charge on any atom is 0.305 e. The van der Waals surface area contributed by atoms with Crippen molar-refractivity contribution in [2.75, 3.05) is 13.7 Å². The first-order chi connectivity index (χ1) is 11.6. The second kappa shape index (κ2) is 8.96. The molecule has 2 aromatic rings. The van der Waals surface area contributed by atoms with Crippen LogP contribution in [0.25, 0.3) is 0 Å². The first kappa shape index (κ1) is 17.9. The van der Waals surface area contributed by atoms with E-state index in [4.69, 9.17) is 9.47 Å². The molecule has 128 valence electrons. The van der Waals surface area contributed by atoms with Gasteiger partial charge in [0.1, 0.15) is 6.61 Å². The standard InChI is InChI=1S/C20H24O4/c1-4-23-19-13-16(10-12-20(21)22-3)9-11-18(19)24-14-17-7-5-15(2)6-8-17/h5-9,11,13H,4,10,12,14H2,1-3H3. The highest BCUT2D eigenvalue weighted by molar-refractivity contribution is 5.69. The molecule has 24 heavy (non-hydrogen) atoms. The fourth-order valence-corrected chi connectivity index (χ4v) is 2.29. The van der Waals surface area contributed by atoms with Gasteiger partial charge in [-0.2, -0.15) is 0 Å². The van der Waals surface area contributed by atoms with Crippen LogP contribution in [-0.2, 0) is 22.6 Å². The van der Waals surface area contributed by atoms with Gasteiger partial charge in [-0.05, 0) is 43.5 Å². The summed E-state index contributed by atoms with van der Waals surface area (Å²) in [6.07, 6.45) is 0.969. The highest BCUT2D eigenvalue weighted by Crippen LogP contribution is 2.29. The van der Waals surface area contributed by atoms with Crippen LogP contribution in [0.1, 0.15) is 30.0 Å². The maximum atomic E-state index is 11.3. The van der Waals surface area contributed by atoms with Crippen LogP contribution in [0.5, 0.6) is 11.5 Å². The maximum absolute atomic E-state index is 11.3. The minimum absolute atomic E-state index is 0.215. The predicted molar refractivity (Wildman–Crippen MR) is 93.5 cm³/mol. The molecule has 0 bridgehead atoms. The minimum atomic E-state index is -0.215. The van der Waals surface area contributed by atoms with Crippen LogP contribution < -0.4 is 9.47 Å². The fourth-order valence-electron chi connectivity index (χ4n) is 2.29. The first-order valence-electron chi connectivity index (χ1n) is 8.13. The van der Waals surface area contributed by atoms with Crippen molar-refractivity contribution < 1.29 is 19.0 Å². The molecule has 4 nitrogen and oxygen atoms in total. The molecule has 0 N–H and O–H groups in total. The Hall–Kier alpha value is -2.49. The Morgan fingerprint density at radius 1 is 0.958 bits per heavy atom. The van der Waals surface area contributed by atoms with Gasteiger partial charge in [-0.3, -0.25) is 4.79 Å². The molecular weight excluding hydrogens is 304 g/mol. The quantitative estimate of drug-likeness (QED) is 0.685. The molecule has 4 heteroatoms. The second-order valence-corrected chi connectivity index (χ2v) is 5.56. The molecule has 2 aromatic carbocycles. The van der Waals surface area contributed by atoms with Crippen LogP contribution in [0.2, 0.25) is 0 Å². The van der Waals surface area contributed by atoms with E-state index in [1.54, 1.807) is 0 Å². The number of aryl methyl sites for hydroxylation is 2. The zero-order valence-corrected chi connectivity index (χ0v) is 14.5. The van der Waals surface area contributed by atoms with Crippen LogP contribution in [0.15, 0.2) is 42.5 Å². The van der Waals surface area contributed by atoms with Crippen LogP contribution >= 0.6 is 0 Å². The molecule has 0 fully saturated rings. The zero-order valence-electron chi connectivity index (χ0n) is 14.5. The molecule has 0 saturated heterocycles. The van der Waals surface area contributed by atoms with Crippen LogP contribution in [0.4, 0.5) is 0 Å². The van der Waals surface area contributed by atoms with Crippen LogP contribution in [0, 0.1) is 6.92 Å². The van der Waals surface area contributed by atoms with E-state index in [2.05, 4.69) is 35.9 Å². The van der Waals surface area contributed by atoms with E-state index >= 15 is 0 Å². The van der Waals surface area contributed by atoms with Crippen molar-refractivity contribution in [3.63, 3.8) is 0 Å². The van der Waals surface area contributed by atoms with E-state index < -0.39 is 0 Å². The molecule has 2 rings (SSSR count). The molecule has 0 amide bonds. The molecule has 0 saturated carbocycles. The lowest BCUT2D eigenvalue weighted by Gasteiger charge is -2.13. The number of methoxy groups -OCH3 is 1. The lowest BCUT2D eigenvalue weighted by Crippen LogP contribution is -2.03. The summed E-state index contributed by atoms with van der Waals surface area (Å²) in [5, 5.41) is 0. The molecule has 0 atom stereocenters. The van der Waals surface area contributed by atoms with Gasteiger partial charge < -0.3 is 14.2 Å². The van der Waals surface area contributed by atoms with Crippen molar-refractivity contribution in [3.05, 3.63) is 59.2 Å². The highest BCUT2D eigenvalue weighted by atomic mass is 16.5. The average molecular weight is 328 g/mol. The molecule has 0 radical (unpaired) electrons. The van der Waals surface area contributed by atoms with Gasteiger partial charge in [0.2, 0.25) is 0 Å². The number of ether oxygens (including phenoxy) is 3. The summed E-state index contributed by atoms with van der Waals surface area (Å²) in [6, 6.07) is 14.0. The van der Waals surface area contributed by atoms with Crippen molar-refractivity contribution in [2.24, 2.45) is 0 Å². The van der Waals surface area contributed by atoms with E-state index in [0.29, 0.717) is 37.6 Å². The smallest absolute Gasteiger partial charge is 0.305 e.